The highest BCUT2D eigenvalue weighted by molar-refractivity contribution is 5.63. The molecule has 0 unspecified atom stereocenters. The first-order valence-electron chi connectivity index (χ1n) is 11.6. The lowest BCUT2D eigenvalue weighted by molar-refractivity contribution is 0.570. The van der Waals surface area contributed by atoms with Gasteiger partial charge < -0.3 is 11.5 Å². The third kappa shape index (κ3) is 5.64. The van der Waals surface area contributed by atoms with Crippen molar-refractivity contribution in [3.8, 4) is 0 Å². The quantitative estimate of drug-likeness (QED) is 0.489. The van der Waals surface area contributed by atoms with Crippen molar-refractivity contribution >= 4 is 11.4 Å². The maximum Gasteiger partial charge on any atom is 0.0390 e. The zero-order valence-corrected chi connectivity index (χ0v) is 22.2. The van der Waals surface area contributed by atoms with Crippen molar-refractivity contribution in [3.05, 3.63) is 57.6 Å². The van der Waals surface area contributed by atoms with Crippen molar-refractivity contribution in [2.75, 3.05) is 11.5 Å². The summed E-state index contributed by atoms with van der Waals surface area (Å²) in [6.45, 7) is 26.9. The van der Waals surface area contributed by atoms with E-state index in [1.165, 1.54) is 33.4 Å². The predicted molar refractivity (Wildman–Crippen MR) is 139 cm³/mol. The first kappa shape index (κ1) is 25.3. The number of nitrogens with two attached hydrogens (primary N) is 2. The summed E-state index contributed by atoms with van der Waals surface area (Å²) in [7, 11) is 0. The summed E-state index contributed by atoms with van der Waals surface area (Å²) in [5, 5.41) is 0. The molecule has 0 radical (unpaired) electrons. The van der Waals surface area contributed by atoms with Crippen LogP contribution in [0.3, 0.4) is 0 Å². The molecule has 2 aromatic rings. The van der Waals surface area contributed by atoms with E-state index in [-0.39, 0.29) is 21.7 Å². The normalized spacial score (nSPS) is 13.5. The fourth-order valence-corrected chi connectivity index (χ4v) is 4.35. The molecular weight excluding hydrogens is 376 g/mol. The molecule has 0 heterocycles. The molecule has 2 nitrogen and oxygen atoms in total. The van der Waals surface area contributed by atoms with Gasteiger partial charge >= 0.3 is 0 Å². The van der Waals surface area contributed by atoms with Crippen LogP contribution in [0, 0.1) is 0 Å². The summed E-state index contributed by atoms with van der Waals surface area (Å²) in [6.07, 6.45) is 0.874. The Morgan fingerprint density at radius 1 is 0.452 bits per heavy atom. The highest BCUT2D eigenvalue weighted by atomic mass is 14.6. The lowest BCUT2D eigenvalue weighted by Gasteiger charge is -2.30. The Bertz CT molecular complexity index is 803. The van der Waals surface area contributed by atoms with E-state index in [2.05, 4.69) is 107 Å². The van der Waals surface area contributed by atoms with Crippen molar-refractivity contribution in [2.45, 2.75) is 111 Å². The van der Waals surface area contributed by atoms with Crippen LogP contribution in [0.2, 0.25) is 0 Å². The number of benzene rings is 2. The van der Waals surface area contributed by atoms with Crippen molar-refractivity contribution < 1.29 is 0 Å². The van der Waals surface area contributed by atoms with Gasteiger partial charge in [-0.15, -0.1) is 0 Å². The van der Waals surface area contributed by atoms with Gasteiger partial charge in [0.1, 0.15) is 0 Å². The fourth-order valence-electron chi connectivity index (χ4n) is 4.35. The standard InChI is InChI=1S/C29H46N2/c1-26(2,3)20-14-18(15-21(24(20)30)27(4,5)6)13-19-16-22(28(7,8)9)25(31)23(17-19)29(10,11)12/h14-17H,13,30-31H2,1-12H3. The number of nitrogen functional groups attached to an aromatic ring is 2. The van der Waals surface area contributed by atoms with E-state index >= 15 is 0 Å². The highest BCUT2D eigenvalue weighted by Crippen LogP contribution is 2.40. The van der Waals surface area contributed by atoms with Crippen molar-refractivity contribution in [1.29, 1.82) is 0 Å². The number of anilines is 2. The minimum absolute atomic E-state index is 0.00561. The molecule has 0 fully saturated rings. The molecule has 0 saturated heterocycles. The third-order valence-electron chi connectivity index (χ3n) is 6.12. The van der Waals surface area contributed by atoms with Gasteiger partial charge in [-0.25, -0.2) is 0 Å². The number of rotatable bonds is 2. The topological polar surface area (TPSA) is 52.0 Å². The lowest BCUT2D eigenvalue weighted by atomic mass is 9.76. The molecule has 172 valence electrons. The minimum Gasteiger partial charge on any atom is -0.398 e. The Labute approximate surface area is 191 Å². The largest absolute Gasteiger partial charge is 0.398 e. The average Bonchev–Trinajstić information content (AvgIpc) is 2.53. The van der Waals surface area contributed by atoms with Crippen LogP contribution in [0.5, 0.6) is 0 Å². The number of hydrogen-bond acceptors (Lipinski definition) is 2. The van der Waals surface area contributed by atoms with E-state index in [1.54, 1.807) is 0 Å². The Kier molecular flexibility index (Phi) is 6.42. The van der Waals surface area contributed by atoms with Gasteiger partial charge in [0.2, 0.25) is 0 Å². The van der Waals surface area contributed by atoms with Crippen molar-refractivity contribution in [1.82, 2.24) is 0 Å². The van der Waals surface area contributed by atoms with Gasteiger partial charge in [-0.3, -0.25) is 0 Å². The van der Waals surface area contributed by atoms with Crippen LogP contribution >= 0.6 is 0 Å². The Balaban J connectivity index is 2.73. The molecule has 31 heavy (non-hydrogen) atoms. The Morgan fingerprint density at radius 2 is 0.645 bits per heavy atom. The first-order chi connectivity index (χ1) is 13.7. The van der Waals surface area contributed by atoms with Crippen LogP contribution in [0.15, 0.2) is 24.3 Å². The third-order valence-corrected chi connectivity index (χ3v) is 6.12. The van der Waals surface area contributed by atoms with E-state index in [0.29, 0.717) is 0 Å². The van der Waals surface area contributed by atoms with Gasteiger partial charge in [-0.1, -0.05) is 107 Å². The Hall–Kier alpha value is -1.96. The van der Waals surface area contributed by atoms with Crippen molar-refractivity contribution in [2.24, 2.45) is 0 Å². The molecule has 0 aliphatic carbocycles. The van der Waals surface area contributed by atoms with Gasteiger partial charge in [-0.05, 0) is 61.5 Å². The molecule has 2 rings (SSSR count). The second kappa shape index (κ2) is 7.87. The SMILES string of the molecule is CC(C)(C)c1cc(Cc2cc(C(C)(C)C)c(N)c(C(C)(C)C)c2)cc(C(C)(C)C)c1N. The van der Waals surface area contributed by atoms with E-state index in [4.69, 9.17) is 11.5 Å². The summed E-state index contributed by atoms with van der Waals surface area (Å²) in [6, 6.07) is 9.26. The fraction of sp³-hybridized carbons (Fsp3) is 0.586. The molecule has 0 aliphatic rings. The van der Waals surface area contributed by atoms with Crippen LogP contribution in [0.4, 0.5) is 11.4 Å². The number of hydrogen-bond donors (Lipinski definition) is 2. The van der Waals surface area contributed by atoms with E-state index < -0.39 is 0 Å². The first-order valence-corrected chi connectivity index (χ1v) is 11.6. The molecule has 2 heteroatoms. The molecule has 0 bridgehead atoms. The van der Waals surface area contributed by atoms with Crippen LogP contribution in [0.1, 0.15) is 116 Å². The van der Waals surface area contributed by atoms with Gasteiger partial charge in [0.05, 0.1) is 0 Å². The van der Waals surface area contributed by atoms with Crippen LogP contribution in [-0.4, -0.2) is 0 Å². The summed E-state index contributed by atoms with van der Waals surface area (Å²) < 4.78 is 0. The van der Waals surface area contributed by atoms with Crippen LogP contribution in [0.25, 0.3) is 0 Å². The second-order valence-electron chi connectivity index (χ2n) is 13.4. The maximum atomic E-state index is 6.68. The second-order valence-corrected chi connectivity index (χ2v) is 13.4. The molecule has 0 atom stereocenters. The zero-order chi connectivity index (χ0) is 24.2. The summed E-state index contributed by atoms with van der Waals surface area (Å²) in [4.78, 5) is 0. The minimum atomic E-state index is -0.00561. The average molecular weight is 423 g/mol. The van der Waals surface area contributed by atoms with Gasteiger partial charge in [0, 0.05) is 11.4 Å². The summed E-state index contributed by atoms with van der Waals surface area (Å²) in [5.41, 5.74) is 22.8. The molecule has 0 spiro atoms. The molecular formula is C29H46N2. The van der Waals surface area contributed by atoms with E-state index in [9.17, 15) is 0 Å². The van der Waals surface area contributed by atoms with Crippen LogP contribution in [-0.2, 0) is 28.1 Å². The molecule has 2 aromatic carbocycles. The summed E-state index contributed by atoms with van der Waals surface area (Å²) >= 11 is 0. The highest BCUT2D eigenvalue weighted by Gasteiger charge is 2.27. The van der Waals surface area contributed by atoms with E-state index in [1.807, 2.05) is 0 Å². The zero-order valence-electron chi connectivity index (χ0n) is 22.2. The molecule has 0 amide bonds. The van der Waals surface area contributed by atoms with Gasteiger partial charge in [0.15, 0.2) is 0 Å². The van der Waals surface area contributed by atoms with Gasteiger partial charge in [-0.2, -0.15) is 0 Å². The molecule has 4 N–H and O–H groups in total. The molecule has 0 saturated carbocycles. The molecule has 0 aromatic heterocycles. The Morgan fingerprint density at radius 3 is 0.806 bits per heavy atom. The molecule has 0 aliphatic heterocycles. The maximum absolute atomic E-state index is 6.68. The predicted octanol–water partition coefficient (Wildman–Crippen LogP) is 7.63. The smallest absolute Gasteiger partial charge is 0.0390 e. The van der Waals surface area contributed by atoms with Gasteiger partial charge in [0.25, 0.3) is 0 Å². The van der Waals surface area contributed by atoms with Crippen LogP contribution < -0.4 is 11.5 Å². The van der Waals surface area contributed by atoms with Crippen molar-refractivity contribution in [3.63, 3.8) is 0 Å². The van der Waals surface area contributed by atoms with E-state index in [0.717, 1.165) is 17.8 Å². The lowest BCUT2D eigenvalue weighted by Crippen LogP contribution is -2.22. The summed E-state index contributed by atoms with van der Waals surface area (Å²) in [5.74, 6) is 0. The monoisotopic (exact) mass is 422 g/mol.